The van der Waals surface area contributed by atoms with Crippen molar-refractivity contribution in [3.63, 3.8) is 0 Å². The monoisotopic (exact) mass is 287 g/mol. The molecule has 1 unspecified atom stereocenters. The molecule has 0 radical (unpaired) electrons. The van der Waals surface area contributed by atoms with E-state index in [1.165, 1.54) is 68.7 Å². The maximum absolute atomic E-state index is 4.84. The molecular weight excluding hydrogens is 258 g/mol. The van der Waals surface area contributed by atoms with Crippen molar-refractivity contribution in [3.05, 3.63) is 23.4 Å². The molecule has 3 heteroatoms. The van der Waals surface area contributed by atoms with Crippen LogP contribution in [0.3, 0.4) is 0 Å². The van der Waals surface area contributed by atoms with Gasteiger partial charge in [-0.15, -0.1) is 0 Å². The standard InChI is InChI=1S/C18H29N3/c1-14(2)21-11-7-8-17(21)16-12-15(3)18(19-13-16)20-9-5-4-6-10-20/h12-14,17H,4-11H2,1-3H3. The first-order valence-corrected chi connectivity index (χ1v) is 8.64. The van der Waals surface area contributed by atoms with Crippen LogP contribution in [0.1, 0.15) is 63.1 Å². The average Bonchev–Trinajstić information content (AvgIpc) is 2.97. The molecule has 2 fully saturated rings. The van der Waals surface area contributed by atoms with Crippen molar-refractivity contribution in [1.29, 1.82) is 0 Å². The average molecular weight is 287 g/mol. The van der Waals surface area contributed by atoms with Crippen LogP contribution in [-0.4, -0.2) is 35.6 Å². The lowest BCUT2D eigenvalue weighted by Gasteiger charge is -2.31. The quantitative estimate of drug-likeness (QED) is 0.840. The van der Waals surface area contributed by atoms with Crippen molar-refractivity contribution in [1.82, 2.24) is 9.88 Å². The molecule has 0 aromatic carbocycles. The molecule has 2 saturated heterocycles. The van der Waals surface area contributed by atoms with E-state index in [4.69, 9.17) is 4.98 Å². The SMILES string of the molecule is Cc1cc(C2CCCN2C(C)C)cnc1N1CCCCC1. The van der Waals surface area contributed by atoms with Crippen molar-refractivity contribution in [2.45, 2.75) is 65.0 Å². The van der Waals surface area contributed by atoms with E-state index in [0.717, 1.165) is 0 Å². The predicted octanol–water partition coefficient (Wildman–Crippen LogP) is 3.93. The second-order valence-corrected chi connectivity index (χ2v) is 6.95. The largest absolute Gasteiger partial charge is 0.356 e. The van der Waals surface area contributed by atoms with E-state index in [9.17, 15) is 0 Å². The van der Waals surface area contributed by atoms with Crippen LogP contribution in [0.2, 0.25) is 0 Å². The van der Waals surface area contributed by atoms with Gasteiger partial charge in [0.15, 0.2) is 0 Å². The fraction of sp³-hybridized carbons (Fsp3) is 0.722. The van der Waals surface area contributed by atoms with Gasteiger partial charge in [-0.1, -0.05) is 0 Å². The number of nitrogens with zero attached hydrogens (tertiary/aromatic N) is 3. The normalized spacial score (nSPS) is 24.0. The first kappa shape index (κ1) is 14.8. The van der Waals surface area contributed by atoms with Crippen LogP contribution in [0.5, 0.6) is 0 Å². The number of anilines is 1. The van der Waals surface area contributed by atoms with Gasteiger partial charge in [0.05, 0.1) is 0 Å². The summed E-state index contributed by atoms with van der Waals surface area (Å²) in [5.74, 6) is 1.22. The Morgan fingerprint density at radius 3 is 2.52 bits per heavy atom. The summed E-state index contributed by atoms with van der Waals surface area (Å²) >= 11 is 0. The molecule has 0 N–H and O–H groups in total. The molecule has 3 heterocycles. The minimum atomic E-state index is 0.576. The van der Waals surface area contributed by atoms with Gasteiger partial charge in [0.25, 0.3) is 0 Å². The van der Waals surface area contributed by atoms with Gasteiger partial charge in [-0.05, 0) is 76.6 Å². The fourth-order valence-electron chi connectivity index (χ4n) is 3.97. The lowest BCUT2D eigenvalue weighted by Crippen LogP contribution is -2.32. The Morgan fingerprint density at radius 2 is 1.86 bits per heavy atom. The summed E-state index contributed by atoms with van der Waals surface area (Å²) in [6.07, 6.45) is 8.73. The van der Waals surface area contributed by atoms with E-state index in [-0.39, 0.29) is 0 Å². The highest BCUT2D eigenvalue weighted by molar-refractivity contribution is 5.48. The second-order valence-electron chi connectivity index (χ2n) is 6.95. The van der Waals surface area contributed by atoms with Crippen molar-refractivity contribution in [2.24, 2.45) is 0 Å². The fourth-order valence-corrected chi connectivity index (χ4v) is 3.97. The smallest absolute Gasteiger partial charge is 0.131 e. The highest BCUT2D eigenvalue weighted by atomic mass is 15.2. The Balaban J connectivity index is 1.80. The zero-order valence-electron chi connectivity index (χ0n) is 13.8. The maximum atomic E-state index is 4.84. The number of piperidine rings is 1. The summed E-state index contributed by atoms with van der Waals surface area (Å²) in [6.45, 7) is 10.4. The molecule has 1 aromatic heterocycles. The van der Waals surface area contributed by atoms with Crippen LogP contribution in [0.4, 0.5) is 5.82 Å². The van der Waals surface area contributed by atoms with E-state index in [1.807, 2.05) is 0 Å². The number of aromatic nitrogens is 1. The summed E-state index contributed by atoms with van der Waals surface area (Å²) in [4.78, 5) is 9.93. The highest BCUT2D eigenvalue weighted by Crippen LogP contribution is 2.34. The molecule has 0 bridgehead atoms. The first-order chi connectivity index (χ1) is 10.2. The number of aryl methyl sites for hydroxylation is 1. The van der Waals surface area contributed by atoms with Crippen molar-refractivity contribution >= 4 is 5.82 Å². The molecule has 0 amide bonds. The molecule has 116 valence electrons. The number of pyridine rings is 1. The van der Waals surface area contributed by atoms with Crippen LogP contribution in [-0.2, 0) is 0 Å². The van der Waals surface area contributed by atoms with Gasteiger partial charge in [-0.25, -0.2) is 4.98 Å². The molecule has 0 saturated carbocycles. The number of rotatable bonds is 3. The van der Waals surface area contributed by atoms with E-state index in [2.05, 4.69) is 42.8 Å². The lowest BCUT2D eigenvalue weighted by molar-refractivity contribution is 0.205. The lowest BCUT2D eigenvalue weighted by atomic mass is 10.0. The maximum Gasteiger partial charge on any atom is 0.131 e. The zero-order chi connectivity index (χ0) is 14.8. The number of likely N-dealkylation sites (tertiary alicyclic amines) is 1. The molecule has 2 aliphatic heterocycles. The first-order valence-electron chi connectivity index (χ1n) is 8.64. The number of hydrogen-bond donors (Lipinski definition) is 0. The van der Waals surface area contributed by atoms with Crippen LogP contribution in [0, 0.1) is 6.92 Å². The van der Waals surface area contributed by atoms with Gasteiger partial charge >= 0.3 is 0 Å². The minimum absolute atomic E-state index is 0.576. The Labute approximate surface area is 129 Å². The third kappa shape index (κ3) is 3.08. The molecular formula is C18H29N3. The second kappa shape index (κ2) is 6.35. The minimum Gasteiger partial charge on any atom is -0.356 e. The van der Waals surface area contributed by atoms with E-state index < -0.39 is 0 Å². The van der Waals surface area contributed by atoms with Gasteiger partial charge in [0, 0.05) is 31.4 Å². The zero-order valence-corrected chi connectivity index (χ0v) is 13.8. The highest BCUT2D eigenvalue weighted by Gasteiger charge is 2.28. The van der Waals surface area contributed by atoms with E-state index in [0.29, 0.717) is 12.1 Å². The predicted molar refractivity (Wildman–Crippen MR) is 88.9 cm³/mol. The Bertz CT molecular complexity index is 477. The van der Waals surface area contributed by atoms with Gasteiger partial charge in [-0.2, -0.15) is 0 Å². The van der Waals surface area contributed by atoms with E-state index in [1.54, 1.807) is 0 Å². The summed E-state index contributed by atoms with van der Waals surface area (Å²) in [5, 5.41) is 0. The molecule has 1 aromatic rings. The van der Waals surface area contributed by atoms with Gasteiger partial charge < -0.3 is 4.90 Å². The third-order valence-corrected chi connectivity index (χ3v) is 5.07. The van der Waals surface area contributed by atoms with Crippen LogP contribution < -0.4 is 4.90 Å². The number of hydrogen-bond acceptors (Lipinski definition) is 3. The summed E-state index contributed by atoms with van der Waals surface area (Å²) < 4.78 is 0. The Kier molecular flexibility index (Phi) is 4.48. The van der Waals surface area contributed by atoms with Crippen LogP contribution >= 0.6 is 0 Å². The van der Waals surface area contributed by atoms with Gasteiger partial charge in [-0.3, -0.25) is 4.90 Å². The Morgan fingerprint density at radius 1 is 1.10 bits per heavy atom. The molecule has 0 spiro atoms. The molecule has 2 aliphatic rings. The van der Waals surface area contributed by atoms with Gasteiger partial charge in [0.1, 0.15) is 5.82 Å². The van der Waals surface area contributed by atoms with E-state index >= 15 is 0 Å². The molecule has 21 heavy (non-hydrogen) atoms. The molecule has 3 nitrogen and oxygen atoms in total. The van der Waals surface area contributed by atoms with Crippen LogP contribution in [0.15, 0.2) is 12.3 Å². The molecule has 0 aliphatic carbocycles. The summed E-state index contributed by atoms with van der Waals surface area (Å²) in [7, 11) is 0. The van der Waals surface area contributed by atoms with Crippen molar-refractivity contribution in [2.75, 3.05) is 24.5 Å². The van der Waals surface area contributed by atoms with Gasteiger partial charge in [0.2, 0.25) is 0 Å². The molecule has 3 rings (SSSR count). The summed E-state index contributed by atoms with van der Waals surface area (Å²) in [6, 6.07) is 3.59. The van der Waals surface area contributed by atoms with Crippen LogP contribution in [0.25, 0.3) is 0 Å². The third-order valence-electron chi connectivity index (χ3n) is 5.07. The topological polar surface area (TPSA) is 19.4 Å². The summed E-state index contributed by atoms with van der Waals surface area (Å²) in [5.41, 5.74) is 2.77. The Hall–Kier alpha value is -1.09. The molecule has 1 atom stereocenters. The van der Waals surface area contributed by atoms with Crippen molar-refractivity contribution in [3.8, 4) is 0 Å². The van der Waals surface area contributed by atoms with Crippen molar-refractivity contribution < 1.29 is 0 Å².